The fourth-order valence-electron chi connectivity index (χ4n) is 2.07. The number of piperidine rings is 1. The van der Waals surface area contributed by atoms with Gasteiger partial charge in [0.1, 0.15) is 6.04 Å². The average molecular weight is 283 g/mol. The first-order valence-corrected chi connectivity index (χ1v) is 7.54. The van der Waals surface area contributed by atoms with Crippen LogP contribution in [-0.2, 0) is 14.8 Å². The molecule has 4 N–H and O–H groups in total. The van der Waals surface area contributed by atoms with Gasteiger partial charge >= 0.3 is 0 Å². The van der Waals surface area contributed by atoms with E-state index in [9.17, 15) is 13.2 Å². The number of nitrogen functional groups attached to an aromatic ring is 1. The Bertz CT molecular complexity index is 578. The third-order valence-electron chi connectivity index (χ3n) is 2.97. The molecule has 0 spiro atoms. The Morgan fingerprint density at radius 1 is 1.37 bits per heavy atom. The maximum Gasteiger partial charge on any atom is 0.241 e. The van der Waals surface area contributed by atoms with Crippen LogP contribution in [-0.4, -0.2) is 26.9 Å². The molecule has 1 unspecified atom stereocenters. The number of hydrogen-bond acceptors (Lipinski definition) is 4. The summed E-state index contributed by atoms with van der Waals surface area (Å²) in [6.45, 7) is 2.36. The molecular weight excluding hydrogens is 266 g/mol. The topological polar surface area (TPSA) is 101 Å². The van der Waals surface area contributed by atoms with Gasteiger partial charge in [-0.1, -0.05) is 0 Å². The van der Waals surface area contributed by atoms with Gasteiger partial charge in [0.25, 0.3) is 0 Å². The van der Waals surface area contributed by atoms with Crippen molar-refractivity contribution in [3.05, 3.63) is 23.8 Å². The van der Waals surface area contributed by atoms with Crippen molar-refractivity contribution in [1.82, 2.24) is 10.0 Å². The number of carbonyl (C=O) groups excluding carboxylic acids is 1. The van der Waals surface area contributed by atoms with Crippen molar-refractivity contribution in [3.63, 3.8) is 0 Å². The monoisotopic (exact) mass is 283 g/mol. The van der Waals surface area contributed by atoms with Crippen LogP contribution in [0.5, 0.6) is 0 Å². The minimum absolute atomic E-state index is 0.0865. The number of hydrogen-bond donors (Lipinski definition) is 3. The Balaban J connectivity index is 2.24. The minimum Gasteiger partial charge on any atom is -0.399 e. The van der Waals surface area contributed by atoms with Crippen LogP contribution in [0.2, 0.25) is 0 Å². The van der Waals surface area contributed by atoms with Gasteiger partial charge in [0, 0.05) is 12.2 Å². The van der Waals surface area contributed by atoms with Crippen LogP contribution in [0.15, 0.2) is 23.1 Å². The fraction of sp³-hybridized carbons (Fsp3) is 0.417. The van der Waals surface area contributed by atoms with Crippen LogP contribution in [0.25, 0.3) is 0 Å². The summed E-state index contributed by atoms with van der Waals surface area (Å²) in [5, 5.41) is 2.64. The summed E-state index contributed by atoms with van der Waals surface area (Å²) >= 11 is 0. The van der Waals surface area contributed by atoms with E-state index in [-0.39, 0.29) is 10.8 Å². The third kappa shape index (κ3) is 3.24. The number of amides is 1. The molecule has 2 rings (SSSR count). The van der Waals surface area contributed by atoms with Gasteiger partial charge in [0.05, 0.1) is 4.90 Å². The number of sulfonamides is 1. The smallest absolute Gasteiger partial charge is 0.241 e. The number of anilines is 1. The van der Waals surface area contributed by atoms with Crippen molar-refractivity contribution >= 4 is 21.6 Å². The molecule has 0 aliphatic carbocycles. The van der Waals surface area contributed by atoms with E-state index in [1.54, 1.807) is 13.0 Å². The molecule has 1 saturated heterocycles. The summed E-state index contributed by atoms with van der Waals surface area (Å²) in [6, 6.07) is 3.89. The molecule has 0 aromatic heterocycles. The molecule has 1 aromatic carbocycles. The predicted molar refractivity (Wildman–Crippen MR) is 71.9 cm³/mol. The fourth-order valence-corrected chi connectivity index (χ4v) is 3.44. The Labute approximate surface area is 112 Å². The Hall–Kier alpha value is -1.60. The summed E-state index contributed by atoms with van der Waals surface area (Å²) in [7, 11) is -3.73. The molecular formula is C12H17N3O3S. The van der Waals surface area contributed by atoms with Crippen LogP contribution >= 0.6 is 0 Å². The number of benzene rings is 1. The second kappa shape index (κ2) is 5.18. The molecule has 1 fully saturated rings. The van der Waals surface area contributed by atoms with Crippen molar-refractivity contribution in [2.24, 2.45) is 0 Å². The van der Waals surface area contributed by atoms with Crippen molar-refractivity contribution in [1.29, 1.82) is 0 Å². The summed E-state index contributed by atoms with van der Waals surface area (Å²) in [4.78, 5) is 11.7. The van der Waals surface area contributed by atoms with Gasteiger partial charge < -0.3 is 11.1 Å². The zero-order chi connectivity index (χ0) is 14.0. The van der Waals surface area contributed by atoms with Gasteiger partial charge in [-0.3, -0.25) is 4.79 Å². The van der Waals surface area contributed by atoms with Crippen molar-refractivity contribution in [2.45, 2.75) is 30.7 Å². The largest absolute Gasteiger partial charge is 0.399 e. The minimum atomic E-state index is -3.73. The van der Waals surface area contributed by atoms with Crippen LogP contribution in [0.3, 0.4) is 0 Å². The summed E-state index contributed by atoms with van der Waals surface area (Å²) in [6.07, 6.45) is 1.27. The molecule has 1 aliphatic rings. The van der Waals surface area contributed by atoms with Gasteiger partial charge in [0.2, 0.25) is 15.9 Å². The first kappa shape index (κ1) is 13.8. The highest BCUT2D eigenvalue weighted by Crippen LogP contribution is 2.17. The predicted octanol–water partition coefficient (Wildman–Crippen LogP) is 0.134. The maximum atomic E-state index is 12.2. The SMILES string of the molecule is Cc1cc(N)cc(S(=O)(=O)NC2CCCNC2=O)c1. The summed E-state index contributed by atoms with van der Waals surface area (Å²) < 4.78 is 26.8. The first-order chi connectivity index (χ1) is 8.88. The lowest BCUT2D eigenvalue weighted by molar-refractivity contribution is -0.124. The first-order valence-electron chi connectivity index (χ1n) is 6.06. The van der Waals surface area contributed by atoms with Crippen molar-refractivity contribution < 1.29 is 13.2 Å². The highest BCUT2D eigenvalue weighted by atomic mass is 32.2. The Morgan fingerprint density at radius 3 is 2.74 bits per heavy atom. The average Bonchev–Trinajstić information content (AvgIpc) is 2.31. The molecule has 1 aliphatic heterocycles. The molecule has 0 radical (unpaired) electrons. The molecule has 0 bridgehead atoms. The highest BCUT2D eigenvalue weighted by molar-refractivity contribution is 7.89. The maximum absolute atomic E-state index is 12.2. The van der Waals surface area contributed by atoms with Crippen molar-refractivity contribution in [2.75, 3.05) is 12.3 Å². The second-order valence-corrected chi connectivity index (χ2v) is 6.40. The second-order valence-electron chi connectivity index (χ2n) is 4.69. The van der Waals surface area contributed by atoms with E-state index < -0.39 is 16.1 Å². The van der Waals surface area contributed by atoms with E-state index >= 15 is 0 Å². The molecule has 6 nitrogen and oxygen atoms in total. The lowest BCUT2D eigenvalue weighted by Crippen LogP contribution is -2.50. The lowest BCUT2D eigenvalue weighted by atomic mass is 10.1. The summed E-state index contributed by atoms with van der Waals surface area (Å²) in [5.74, 6) is -0.282. The van der Waals surface area contributed by atoms with Crippen LogP contribution in [0.1, 0.15) is 18.4 Å². The molecule has 1 atom stereocenters. The van der Waals surface area contributed by atoms with E-state index in [2.05, 4.69) is 10.0 Å². The van der Waals surface area contributed by atoms with E-state index in [1.165, 1.54) is 12.1 Å². The molecule has 1 heterocycles. The van der Waals surface area contributed by atoms with E-state index in [0.717, 1.165) is 12.0 Å². The number of rotatable bonds is 3. The Kier molecular flexibility index (Phi) is 3.77. The molecule has 1 aromatic rings. The highest BCUT2D eigenvalue weighted by Gasteiger charge is 2.27. The summed E-state index contributed by atoms with van der Waals surface area (Å²) in [5.41, 5.74) is 6.79. The zero-order valence-corrected chi connectivity index (χ0v) is 11.5. The molecule has 1 amide bonds. The van der Waals surface area contributed by atoms with Gasteiger partial charge in [0.15, 0.2) is 0 Å². The van der Waals surface area contributed by atoms with Gasteiger partial charge in [-0.05, 0) is 43.5 Å². The van der Waals surface area contributed by atoms with E-state index in [0.29, 0.717) is 18.7 Å². The van der Waals surface area contributed by atoms with Crippen molar-refractivity contribution in [3.8, 4) is 0 Å². The zero-order valence-electron chi connectivity index (χ0n) is 10.6. The lowest BCUT2D eigenvalue weighted by Gasteiger charge is -2.22. The van der Waals surface area contributed by atoms with Gasteiger partial charge in [-0.25, -0.2) is 8.42 Å². The number of nitrogens with one attached hydrogen (secondary N) is 2. The van der Waals surface area contributed by atoms with E-state index in [4.69, 9.17) is 5.73 Å². The molecule has 7 heteroatoms. The van der Waals surface area contributed by atoms with Crippen LogP contribution in [0.4, 0.5) is 5.69 Å². The van der Waals surface area contributed by atoms with Gasteiger partial charge in [-0.2, -0.15) is 4.72 Å². The normalized spacial score (nSPS) is 20.1. The molecule has 19 heavy (non-hydrogen) atoms. The van der Waals surface area contributed by atoms with Gasteiger partial charge in [-0.15, -0.1) is 0 Å². The van der Waals surface area contributed by atoms with Crippen LogP contribution < -0.4 is 15.8 Å². The number of carbonyl (C=O) groups is 1. The van der Waals surface area contributed by atoms with Crippen LogP contribution in [0, 0.1) is 6.92 Å². The number of aryl methyl sites for hydroxylation is 1. The Morgan fingerprint density at radius 2 is 2.11 bits per heavy atom. The third-order valence-corrected chi connectivity index (χ3v) is 4.42. The number of nitrogens with two attached hydrogens (primary N) is 1. The van der Waals surface area contributed by atoms with E-state index in [1.807, 2.05) is 0 Å². The molecule has 0 saturated carbocycles. The quantitative estimate of drug-likeness (QED) is 0.686. The standard InChI is InChI=1S/C12H17N3O3S/c1-8-5-9(13)7-10(6-8)19(17,18)15-11-3-2-4-14-12(11)16/h5-7,11,15H,2-4,13H2,1H3,(H,14,16). The molecule has 104 valence electrons.